The highest BCUT2D eigenvalue weighted by atomic mass is 79.9. The Morgan fingerprint density at radius 3 is 2.57 bits per heavy atom. The molecule has 5 heteroatoms. The van der Waals surface area contributed by atoms with Crippen molar-refractivity contribution >= 4 is 0 Å². The first-order chi connectivity index (χ1) is 2.89. The van der Waals surface area contributed by atoms with Crippen molar-refractivity contribution in [2.24, 2.45) is 0 Å². The topological polar surface area (TPSA) is 58.6 Å². The van der Waals surface area contributed by atoms with E-state index in [4.69, 9.17) is 5.84 Å². The number of halogens is 1. The smallest absolute Gasteiger partial charge is 0.286 e. The molecule has 0 saturated carbocycles. The van der Waals surface area contributed by atoms with Gasteiger partial charge in [0.1, 0.15) is 0 Å². The summed E-state index contributed by atoms with van der Waals surface area (Å²) in [6.45, 7) is 0. The molecule has 0 aliphatic carbocycles. The van der Waals surface area contributed by atoms with Gasteiger partial charge >= 0.3 is 0 Å². The minimum Gasteiger partial charge on any atom is -1.00 e. The van der Waals surface area contributed by atoms with Crippen molar-refractivity contribution < 1.29 is 21.7 Å². The summed E-state index contributed by atoms with van der Waals surface area (Å²) in [5.74, 6) is 5.10. The van der Waals surface area contributed by atoms with Crippen LogP contribution in [-0.4, -0.2) is 10.2 Å². The molecule has 3 N–H and O–H groups in total. The number of nitrogens with zero attached hydrogens (tertiary/aromatic N) is 2. The molecule has 0 spiro atoms. The lowest BCUT2D eigenvalue weighted by Gasteiger charge is -1.67. The van der Waals surface area contributed by atoms with Crippen molar-refractivity contribution in [2.75, 3.05) is 5.84 Å². The molecule has 0 aromatic carbocycles. The Labute approximate surface area is 51.1 Å². The van der Waals surface area contributed by atoms with Gasteiger partial charge < -0.3 is 17.0 Å². The summed E-state index contributed by atoms with van der Waals surface area (Å²) < 4.78 is 1.33. The second-order valence-electron chi connectivity index (χ2n) is 0.950. The molecule has 4 nitrogen and oxygen atoms in total. The Morgan fingerprint density at radius 2 is 2.43 bits per heavy atom. The second kappa shape index (κ2) is 2.57. The van der Waals surface area contributed by atoms with E-state index in [1.807, 2.05) is 0 Å². The molecule has 1 aromatic heterocycles. The number of hydrogen-bond acceptors (Lipinski definition) is 2. The summed E-state index contributed by atoms with van der Waals surface area (Å²) in [4.78, 5) is 0. The zero-order chi connectivity index (χ0) is 4.41. The van der Waals surface area contributed by atoms with Crippen LogP contribution in [0.1, 0.15) is 0 Å². The van der Waals surface area contributed by atoms with Gasteiger partial charge in [0.05, 0.1) is 0 Å². The Morgan fingerprint density at radius 1 is 1.71 bits per heavy atom. The van der Waals surface area contributed by atoms with E-state index in [0.29, 0.717) is 0 Å². The van der Waals surface area contributed by atoms with Gasteiger partial charge in [-0.3, -0.25) is 5.84 Å². The summed E-state index contributed by atoms with van der Waals surface area (Å²) in [6.07, 6.45) is 3.01. The fourth-order valence-corrected chi connectivity index (χ4v) is 0.233. The maximum Gasteiger partial charge on any atom is 0.286 e. The molecule has 40 valence electrons. The van der Waals surface area contributed by atoms with E-state index in [1.165, 1.54) is 11.0 Å². The molecular weight excluding hydrogens is 160 g/mol. The van der Waals surface area contributed by atoms with E-state index in [2.05, 4.69) is 10.2 Å². The van der Waals surface area contributed by atoms with Crippen LogP contribution < -0.4 is 27.5 Å². The van der Waals surface area contributed by atoms with Crippen LogP contribution in [0, 0.1) is 0 Å². The maximum atomic E-state index is 5.10. The number of rotatable bonds is 0. The minimum atomic E-state index is 0. The third kappa shape index (κ3) is 1.54. The molecule has 0 aliphatic rings. The Hall–Kier alpha value is -0.580. The molecule has 1 rings (SSSR count). The van der Waals surface area contributed by atoms with E-state index in [1.54, 1.807) is 6.33 Å². The number of nitrogens with one attached hydrogen (secondary N) is 1. The van der Waals surface area contributed by atoms with Gasteiger partial charge in [0.15, 0.2) is 0 Å². The zero-order valence-electron chi connectivity index (χ0n) is 3.50. The van der Waals surface area contributed by atoms with Crippen LogP contribution in [0.15, 0.2) is 12.7 Å². The average molecular weight is 165 g/mol. The highest BCUT2D eigenvalue weighted by molar-refractivity contribution is 4.26. The van der Waals surface area contributed by atoms with Gasteiger partial charge in [-0.15, -0.1) is 9.77 Å². The van der Waals surface area contributed by atoms with Gasteiger partial charge in [-0.25, -0.2) is 0 Å². The third-order valence-corrected chi connectivity index (χ3v) is 0.472. The molecule has 0 radical (unpaired) electrons. The molecule has 0 fully saturated rings. The minimum absolute atomic E-state index is 0. The van der Waals surface area contributed by atoms with Gasteiger partial charge in [0.25, 0.3) is 6.33 Å². The summed E-state index contributed by atoms with van der Waals surface area (Å²) in [5, 5.41) is 6.05. The molecular formula is C2H5BrN4. The third-order valence-electron chi connectivity index (χ3n) is 0.472. The Balaban J connectivity index is 0.000000360. The monoisotopic (exact) mass is 164 g/mol. The van der Waals surface area contributed by atoms with Crippen molar-refractivity contribution in [1.29, 1.82) is 0 Å². The normalized spacial score (nSPS) is 7.43. The summed E-state index contributed by atoms with van der Waals surface area (Å²) >= 11 is 0. The predicted octanol–water partition coefficient (Wildman–Crippen LogP) is -4.58. The molecule has 0 aliphatic heterocycles. The van der Waals surface area contributed by atoms with Crippen molar-refractivity contribution in [3.05, 3.63) is 12.7 Å². The quantitative estimate of drug-likeness (QED) is 0.300. The van der Waals surface area contributed by atoms with E-state index in [9.17, 15) is 0 Å². The predicted molar refractivity (Wildman–Crippen MR) is 18.9 cm³/mol. The van der Waals surface area contributed by atoms with E-state index < -0.39 is 0 Å². The molecule has 7 heavy (non-hydrogen) atoms. The Bertz CT molecular complexity index is 113. The number of aromatic nitrogens is 3. The molecule has 0 atom stereocenters. The molecule has 1 aromatic rings. The summed E-state index contributed by atoms with van der Waals surface area (Å²) in [5.41, 5.74) is 0. The zero-order valence-corrected chi connectivity index (χ0v) is 5.09. The molecule has 0 unspecified atom stereocenters. The van der Waals surface area contributed by atoms with Crippen molar-refractivity contribution in [1.82, 2.24) is 10.2 Å². The lowest BCUT2D eigenvalue weighted by atomic mass is 11.3. The number of H-pyrrole nitrogens is 1. The van der Waals surface area contributed by atoms with E-state index in [-0.39, 0.29) is 17.0 Å². The highest BCUT2D eigenvalue weighted by Crippen LogP contribution is 1.46. The second-order valence-corrected chi connectivity index (χ2v) is 0.950. The average Bonchev–Trinajstić information content (AvgIpc) is 1.86. The highest BCUT2D eigenvalue weighted by Gasteiger charge is 1.81. The van der Waals surface area contributed by atoms with Crippen LogP contribution in [-0.2, 0) is 0 Å². The summed E-state index contributed by atoms with van der Waals surface area (Å²) in [6, 6.07) is 0. The molecule has 0 bridgehead atoms. The van der Waals surface area contributed by atoms with Crippen LogP contribution in [0.3, 0.4) is 0 Å². The van der Waals surface area contributed by atoms with E-state index >= 15 is 0 Å². The van der Waals surface area contributed by atoms with Gasteiger partial charge in [0, 0.05) is 5.10 Å². The standard InChI is InChI=1S/C2H4N4.BrH/c3-6-1-4-5-2-6;/h1-2H,3H2;1H. The first-order valence-corrected chi connectivity index (χ1v) is 1.55. The molecule has 0 saturated heterocycles. The lowest BCUT2D eigenvalue weighted by Crippen LogP contribution is -3.00. The van der Waals surface area contributed by atoms with Crippen LogP contribution in [0.2, 0.25) is 0 Å². The van der Waals surface area contributed by atoms with Crippen molar-refractivity contribution in [3.63, 3.8) is 0 Å². The van der Waals surface area contributed by atoms with Gasteiger partial charge in [-0.1, -0.05) is 0 Å². The summed E-state index contributed by atoms with van der Waals surface area (Å²) in [7, 11) is 0. The first-order valence-electron chi connectivity index (χ1n) is 1.55. The first kappa shape index (κ1) is 6.42. The fourth-order valence-electron chi connectivity index (χ4n) is 0.233. The van der Waals surface area contributed by atoms with Gasteiger partial charge in [-0.05, 0) is 0 Å². The van der Waals surface area contributed by atoms with Crippen molar-refractivity contribution in [3.8, 4) is 0 Å². The van der Waals surface area contributed by atoms with Gasteiger partial charge in [-0.2, -0.15) is 0 Å². The largest absolute Gasteiger partial charge is 1.00 e. The van der Waals surface area contributed by atoms with Gasteiger partial charge in [0.2, 0.25) is 6.33 Å². The number of nitrogen functional groups attached to an aromatic ring is 1. The van der Waals surface area contributed by atoms with E-state index in [0.717, 1.165) is 0 Å². The number of aromatic amines is 1. The van der Waals surface area contributed by atoms with Crippen LogP contribution in [0.5, 0.6) is 0 Å². The van der Waals surface area contributed by atoms with Crippen LogP contribution in [0.4, 0.5) is 0 Å². The molecule has 0 amide bonds. The maximum absolute atomic E-state index is 5.10. The fraction of sp³-hybridized carbons (Fsp3) is 0. The SMILES string of the molecule is N[n+]1cn[nH]c1.[Br-]. The number of hydrogen-bond donors (Lipinski definition) is 2. The van der Waals surface area contributed by atoms with Crippen LogP contribution in [0.25, 0.3) is 0 Å². The number of nitrogens with two attached hydrogens (primary N) is 1. The van der Waals surface area contributed by atoms with Crippen molar-refractivity contribution in [2.45, 2.75) is 0 Å². The molecule has 1 heterocycles. The lowest BCUT2D eigenvalue weighted by molar-refractivity contribution is -0.638. The van der Waals surface area contributed by atoms with Crippen LogP contribution >= 0.6 is 0 Å². The Kier molecular flexibility index (Phi) is 2.36.